The van der Waals surface area contributed by atoms with E-state index in [9.17, 15) is 0 Å². The van der Waals surface area contributed by atoms with E-state index in [2.05, 4.69) is 138 Å². The molecule has 0 atom stereocenters. The molecule has 2 heterocycles. The molecule has 8 aromatic rings. The first kappa shape index (κ1) is 22.4. The fraction of sp³-hybridized carbons (Fsp3) is 0. The quantitative estimate of drug-likeness (QED) is 0.210. The first-order chi connectivity index (χ1) is 20.4. The van der Waals surface area contributed by atoms with Crippen LogP contribution in [0.4, 0.5) is 0 Å². The second kappa shape index (κ2) is 8.51. The van der Waals surface area contributed by atoms with Gasteiger partial charge in [-0.1, -0.05) is 109 Å². The average Bonchev–Trinajstić information content (AvgIpc) is 3.38. The second-order valence-corrected chi connectivity index (χ2v) is 10.8. The third-order valence-corrected chi connectivity index (χ3v) is 8.61. The van der Waals surface area contributed by atoms with Gasteiger partial charge in [0, 0.05) is 33.6 Å². The van der Waals surface area contributed by atoms with Crippen molar-refractivity contribution in [2.75, 3.05) is 0 Å². The minimum Gasteiger partial charge on any atom is -0.309 e. The maximum atomic E-state index is 4.92. The molecule has 0 bridgehead atoms. The van der Waals surface area contributed by atoms with Crippen LogP contribution in [0, 0.1) is 0 Å². The topological polar surface area (TPSA) is 17.8 Å². The first-order valence-corrected chi connectivity index (χ1v) is 14.1. The molecular formula is C39H24N2. The molecule has 2 nitrogen and oxygen atoms in total. The molecule has 1 aliphatic carbocycles. The van der Waals surface area contributed by atoms with Crippen molar-refractivity contribution in [3.8, 4) is 50.2 Å². The van der Waals surface area contributed by atoms with Gasteiger partial charge in [-0.2, -0.15) is 0 Å². The van der Waals surface area contributed by atoms with Crippen molar-refractivity contribution in [2.45, 2.75) is 0 Å². The Morgan fingerprint density at radius 2 is 0.976 bits per heavy atom. The lowest BCUT2D eigenvalue weighted by Crippen LogP contribution is -2.00. The molecule has 0 N–H and O–H groups in total. The Balaban J connectivity index is 1.42. The number of hydrogen-bond acceptors (Lipinski definition) is 1. The summed E-state index contributed by atoms with van der Waals surface area (Å²) in [5.74, 6) is 0. The van der Waals surface area contributed by atoms with Crippen LogP contribution in [-0.2, 0) is 0 Å². The summed E-state index contributed by atoms with van der Waals surface area (Å²) < 4.78 is 2.41. The standard InChI is InChI=1S/C39H24N2/c1-2-12-28-27(11-1)30-22-20-26(41-36-17-7-5-14-31(36)32-15-6-8-18-37(32)41)24-35(30)29-13-3-4-16-33(29)38-34(28)21-19-25-10-9-23-40-39(25)38/h1-24H. The lowest BCUT2D eigenvalue weighted by molar-refractivity contribution is 1.18. The van der Waals surface area contributed by atoms with Crippen molar-refractivity contribution >= 4 is 32.7 Å². The zero-order chi connectivity index (χ0) is 26.9. The van der Waals surface area contributed by atoms with Gasteiger partial charge in [0.05, 0.1) is 16.6 Å². The minimum atomic E-state index is 1.04. The third-order valence-electron chi connectivity index (χ3n) is 8.61. The molecular weight excluding hydrogens is 496 g/mol. The Hall–Kier alpha value is -5.47. The average molecular weight is 521 g/mol. The lowest BCUT2D eigenvalue weighted by Gasteiger charge is -2.24. The fourth-order valence-electron chi connectivity index (χ4n) is 6.86. The molecule has 0 fully saturated rings. The summed E-state index contributed by atoms with van der Waals surface area (Å²) in [4.78, 5) is 4.92. The molecule has 0 radical (unpaired) electrons. The van der Waals surface area contributed by atoms with Gasteiger partial charge in [-0.15, -0.1) is 0 Å². The van der Waals surface area contributed by atoms with Gasteiger partial charge in [0.25, 0.3) is 0 Å². The summed E-state index contributed by atoms with van der Waals surface area (Å²) in [7, 11) is 0. The molecule has 0 saturated carbocycles. The van der Waals surface area contributed by atoms with Crippen LogP contribution in [0.1, 0.15) is 0 Å². The van der Waals surface area contributed by atoms with E-state index in [0.29, 0.717) is 0 Å². The summed E-state index contributed by atoms with van der Waals surface area (Å²) in [5, 5.41) is 3.69. The van der Waals surface area contributed by atoms with Gasteiger partial charge in [-0.25, -0.2) is 0 Å². The molecule has 9 rings (SSSR count). The summed E-state index contributed by atoms with van der Waals surface area (Å²) in [6.45, 7) is 0. The van der Waals surface area contributed by atoms with Crippen LogP contribution in [0.3, 0.4) is 0 Å². The number of pyridine rings is 1. The van der Waals surface area contributed by atoms with Crippen LogP contribution in [-0.4, -0.2) is 9.55 Å². The zero-order valence-electron chi connectivity index (χ0n) is 22.3. The highest BCUT2D eigenvalue weighted by Gasteiger charge is 2.24. The second-order valence-electron chi connectivity index (χ2n) is 10.8. The van der Waals surface area contributed by atoms with Gasteiger partial charge >= 0.3 is 0 Å². The van der Waals surface area contributed by atoms with Gasteiger partial charge in [0.1, 0.15) is 0 Å². The number of rotatable bonds is 1. The molecule has 0 spiro atoms. The number of para-hydroxylation sites is 2. The Bertz CT molecular complexity index is 2270. The third kappa shape index (κ3) is 3.16. The Labute approximate surface area is 237 Å². The van der Waals surface area contributed by atoms with Gasteiger partial charge in [-0.05, 0) is 69.3 Å². The van der Waals surface area contributed by atoms with E-state index in [1.807, 2.05) is 12.3 Å². The van der Waals surface area contributed by atoms with E-state index in [0.717, 1.165) is 16.6 Å². The van der Waals surface area contributed by atoms with Crippen molar-refractivity contribution in [2.24, 2.45) is 0 Å². The molecule has 6 aromatic carbocycles. The molecule has 41 heavy (non-hydrogen) atoms. The number of hydrogen-bond donors (Lipinski definition) is 0. The monoisotopic (exact) mass is 520 g/mol. The largest absolute Gasteiger partial charge is 0.309 e. The highest BCUT2D eigenvalue weighted by Crippen LogP contribution is 2.50. The SMILES string of the molecule is c1ccc2c(c1)-c1ccc(-n3c4ccccc4c4ccccc43)cc1-c1ccccc1-c1c-2ccc2cccnc12. The van der Waals surface area contributed by atoms with E-state index in [4.69, 9.17) is 4.98 Å². The van der Waals surface area contributed by atoms with E-state index in [1.165, 1.54) is 66.3 Å². The highest BCUT2D eigenvalue weighted by molar-refractivity contribution is 6.12. The Kier molecular flexibility index (Phi) is 4.64. The molecule has 190 valence electrons. The maximum absolute atomic E-state index is 4.92. The smallest absolute Gasteiger partial charge is 0.0786 e. The lowest BCUT2D eigenvalue weighted by atomic mass is 9.80. The molecule has 0 aliphatic heterocycles. The number of fused-ring (bicyclic) bond motifs is 13. The molecule has 0 unspecified atom stereocenters. The molecule has 2 heteroatoms. The summed E-state index contributed by atoms with van der Waals surface area (Å²) in [6.07, 6.45) is 1.91. The zero-order valence-corrected chi connectivity index (χ0v) is 22.3. The van der Waals surface area contributed by atoms with Crippen molar-refractivity contribution in [3.05, 3.63) is 146 Å². The van der Waals surface area contributed by atoms with Crippen molar-refractivity contribution in [1.29, 1.82) is 0 Å². The summed E-state index contributed by atoms with van der Waals surface area (Å²) in [5.41, 5.74) is 14.4. The van der Waals surface area contributed by atoms with E-state index in [1.54, 1.807) is 0 Å². The van der Waals surface area contributed by atoms with Crippen LogP contribution in [0.15, 0.2) is 146 Å². The van der Waals surface area contributed by atoms with Gasteiger partial charge < -0.3 is 4.57 Å². The normalized spacial score (nSPS) is 11.9. The number of nitrogens with zero attached hydrogens (tertiary/aromatic N) is 2. The maximum Gasteiger partial charge on any atom is 0.0786 e. The molecule has 1 aliphatic rings. The Morgan fingerprint density at radius 3 is 1.71 bits per heavy atom. The highest BCUT2D eigenvalue weighted by atomic mass is 15.0. The van der Waals surface area contributed by atoms with Crippen LogP contribution < -0.4 is 0 Å². The van der Waals surface area contributed by atoms with Crippen LogP contribution in [0.2, 0.25) is 0 Å². The fourth-order valence-corrected chi connectivity index (χ4v) is 6.86. The van der Waals surface area contributed by atoms with E-state index < -0.39 is 0 Å². The number of aromatic nitrogens is 2. The van der Waals surface area contributed by atoms with Crippen molar-refractivity contribution in [3.63, 3.8) is 0 Å². The van der Waals surface area contributed by atoms with E-state index >= 15 is 0 Å². The number of benzene rings is 6. The van der Waals surface area contributed by atoms with Crippen LogP contribution >= 0.6 is 0 Å². The van der Waals surface area contributed by atoms with Crippen LogP contribution in [0.25, 0.3) is 82.9 Å². The predicted molar refractivity (Wildman–Crippen MR) is 171 cm³/mol. The first-order valence-electron chi connectivity index (χ1n) is 14.1. The summed E-state index contributed by atoms with van der Waals surface area (Å²) >= 11 is 0. The van der Waals surface area contributed by atoms with Gasteiger partial charge in [-0.3, -0.25) is 4.98 Å². The van der Waals surface area contributed by atoms with Gasteiger partial charge in [0.2, 0.25) is 0 Å². The van der Waals surface area contributed by atoms with E-state index in [-0.39, 0.29) is 0 Å². The molecule has 0 amide bonds. The predicted octanol–water partition coefficient (Wildman–Crippen LogP) is 10.3. The Morgan fingerprint density at radius 1 is 0.415 bits per heavy atom. The minimum absolute atomic E-state index is 1.04. The summed E-state index contributed by atoms with van der Waals surface area (Å²) in [6, 6.07) is 50.7. The van der Waals surface area contributed by atoms with Crippen LogP contribution in [0.5, 0.6) is 0 Å². The molecule has 2 aromatic heterocycles. The van der Waals surface area contributed by atoms with Crippen molar-refractivity contribution < 1.29 is 0 Å². The van der Waals surface area contributed by atoms with Crippen molar-refractivity contribution in [1.82, 2.24) is 9.55 Å². The van der Waals surface area contributed by atoms with Gasteiger partial charge in [0.15, 0.2) is 0 Å². The molecule has 0 saturated heterocycles.